The van der Waals surface area contributed by atoms with Gasteiger partial charge in [0, 0.05) is 6.54 Å². The van der Waals surface area contributed by atoms with Crippen LogP contribution in [0.2, 0.25) is 0 Å². The van der Waals surface area contributed by atoms with Crippen molar-refractivity contribution in [3.8, 4) is 5.75 Å². The van der Waals surface area contributed by atoms with Gasteiger partial charge in [0.1, 0.15) is 23.7 Å². The van der Waals surface area contributed by atoms with Crippen molar-refractivity contribution in [1.29, 1.82) is 0 Å². The van der Waals surface area contributed by atoms with Crippen LogP contribution in [0, 0.1) is 5.82 Å². The van der Waals surface area contributed by atoms with Crippen molar-refractivity contribution in [2.24, 2.45) is 0 Å². The number of esters is 1. The number of nitrogens with zero attached hydrogens (tertiary/aromatic N) is 1. The highest BCUT2D eigenvalue weighted by molar-refractivity contribution is 5.92. The SMILES string of the molecule is CCOc1ccc(F)cc1C(=O)OCCN(CC)CC. The second-order valence-electron chi connectivity index (χ2n) is 4.24. The molecule has 0 bridgehead atoms. The van der Waals surface area contributed by atoms with Crippen molar-refractivity contribution in [3.63, 3.8) is 0 Å². The highest BCUT2D eigenvalue weighted by atomic mass is 19.1. The van der Waals surface area contributed by atoms with E-state index in [0.29, 0.717) is 18.9 Å². The predicted molar refractivity (Wildman–Crippen MR) is 75.6 cm³/mol. The van der Waals surface area contributed by atoms with Crippen molar-refractivity contribution in [1.82, 2.24) is 4.90 Å². The van der Waals surface area contributed by atoms with Gasteiger partial charge in [-0.15, -0.1) is 0 Å². The molecule has 112 valence electrons. The summed E-state index contributed by atoms with van der Waals surface area (Å²) in [5, 5.41) is 0. The molecule has 5 heteroatoms. The lowest BCUT2D eigenvalue weighted by Crippen LogP contribution is -2.28. The Kier molecular flexibility index (Phi) is 7.01. The van der Waals surface area contributed by atoms with Gasteiger partial charge >= 0.3 is 5.97 Å². The fourth-order valence-electron chi connectivity index (χ4n) is 1.83. The molecule has 1 rings (SSSR count). The second kappa shape index (κ2) is 8.53. The lowest BCUT2D eigenvalue weighted by atomic mass is 10.2. The van der Waals surface area contributed by atoms with Crippen molar-refractivity contribution in [3.05, 3.63) is 29.6 Å². The molecule has 0 atom stereocenters. The molecule has 0 fully saturated rings. The minimum Gasteiger partial charge on any atom is -0.493 e. The van der Waals surface area contributed by atoms with Crippen LogP contribution in [-0.4, -0.2) is 43.7 Å². The quantitative estimate of drug-likeness (QED) is 0.688. The molecular weight excluding hydrogens is 261 g/mol. The van der Waals surface area contributed by atoms with E-state index in [0.717, 1.165) is 19.2 Å². The first-order chi connectivity index (χ1) is 9.62. The maximum absolute atomic E-state index is 13.2. The molecule has 0 N–H and O–H groups in total. The maximum atomic E-state index is 13.2. The van der Waals surface area contributed by atoms with Gasteiger partial charge in [-0.25, -0.2) is 9.18 Å². The van der Waals surface area contributed by atoms with Crippen LogP contribution in [0.15, 0.2) is 18.2 Å². The molecule has 0 saturated heterocycles. The van der Waals surface area contributed by atoms with Crippen molar-refractivity contribution >= 4 is 5.97 Å². The summed E-state index contributed by atoms with van der Waals surface area (Å²) >= 11 is 0. The van der Waals surface area contributed by atoms with Gasteiger partial charge in [0.2, 0.25) is 0 Å². The van der Waals surface area contributed by atoms with Crippen molar-refractivity contribution in [2.75, 3.05) is 32.8 Å². The van der Waals surface area contributed by atoms with Gasteiger partial charge in [0.05, 0.1) is 6.61 Å². The molecule has 0 amide bonds. The van der Waals surface area contributed by atoms with E-state index in [1.54, 1.807) is 6.92 Å². The number of likely N-dealkylation sites (N-methyl/N-ethyl adjacent to an activating group) is 1. The van der Waals surface area contributed by atoms with E-state index in [-0.39, 0.29) is 12.2 Å². The van der Waals surface area contributed by atoms with E-state index in [2.05, 4.69) is 4.90 Å². The Balaban J connectivity index is 2.64. The van der Waals surface area contributed by atoms with E-state index in [4.69, 9.17) is 9.47 Å². The Hall–Kier alpha value is -1.62. The summed E-state index contributed by atoms with van der Waals surface area (Å²) < 4.78 is 23.7. The zero-order valence-corrected chi connectivity index (χ0v) is 12.3. The molecule has 0 saturated carbocycles. The first-order valence-electron chi connectivity index (χ1n) is 6.94. The highest BCUT2D eigenvalue weighted by Gasteiger charge is 2.15. The Morgan fingerprint density at radius 1 is 1.25 bits per heavy atom. The van der Waals surface area contributed by atoms with Crippen LogP contribution >= 0.6 is 0 Å². The van der Waals surface area contributed by atoms with E-state index in [9.17, 15) is 9.18 Å². The molecule has 1 aromatic rings. The predicted octanol–water partition coefficient (Wildman–Crippen LogP) is 2.72. The largest absolute Gasteiger partial charge is 0.493 e. The molecule has 0 spiro atoms. The van der Waals surface area contributed by atoms with Crippen LogP contribution in [-0.2, 0) is 4.74 Å². The number of ether oxygens (including phenoxy) is 2. The number of hydrogen-bond donors (Lipinski definition) is 0. The van der Waals surface area contributed by atoms with Crippen LogP contribution in [0.4, 0.5) is 4.39 Å². The molecule has 0 heterocycles. The minimum absolute atomic E-state index is 0.131. The van der Waals surface area contributed by atoms with E-state index >= 15 is 0 Å². The van der Waals surface area contributed by atoms with Crippen molar-refractivity contribution < 1.29 is 18.7 Å². The molecule has 0 aromatic heterocycles. The van der Waals surface area contributed by atoms with Gasteiger partial charge in [0.25, 0.3) is 0 Å². The number of rotatable bonds is 8. The van der Waals surface area contributed by atoms with E-state index in [1.807, 2.05) is 13.8 Å². The summed E-state index contributed by atoms with van der Waals surface area (Å²) in [7, 11) is 0. The molecule has 0 aliphatic heterocycles. The van der Waals surface area contributed by atoms with Gasteiger partial charge in [-0.3, -0.25) is 0 Å². The summed E-state index contributed by atoms with van der Waals surface area (Å²) in [4.78, 5) is 14.1. The van der Waals surface area contributed by atoms with Crippen LogP contribution in [0.25, 0.3) is 0 Å². The van der Waals surface area contributed by atoms with Crippen LogP contribution in [0.1, 0.15) is 31.1 Å². The van der Waals surface area contributed by atoms with E-state index < -0.39 is 11.8 Å². The number of halogens is 1. The fraction of sp³-hybridized carbons (Fsp3) is 0.533. The fourth-order valence-corrected chi connectivity index (χ4v) is 1.83. The summed E-state index contributed by atoms with van der Waals surface area (Å²) in [5.41, 5.74) is 0.131. The molecule has 0 aliphatic carbocycles. The average Bonchev–Trinajstić information content (AvgIpc) is 2.45. The summed E-state index contributed by atoms with van der Waals surface area (Å²) in [6.07, 6.45) is 0. The topological polar surface area (TPSA) is 38.8 Å². The summed E-state index contributed by atoms with van der Waals surface area (Å²) in [6.45, 7) is 9.05. The van der Waals surface area contributed by atoms with Gasteiger partial charge < -0.3 is 14.4 Å². The first-order valence-corrected chi connectivity index (χ1v) is 6.94. The second-order valence-corrected chi connectivity index (χ2v) is 4.24. The van der Waals surface area contributed by atoms with Gasteiger partial charge in [-0.2, -0.15) is 0 Å². The van der Waals surface area contributed by atoms with Crippen LogP contribution < -0.4 is 4.74 Å². The molecule has 4 nitrogen and oxygen atoms in total. The number of benzene rings is 1. The van der Waals surface area contributed by atoms with Crippen molar-refractivity contribution in [2.45, 2.75) is 20.8 Å². The lowest BCUT2D eigenvalue weighted by Gasteiger charge is -2.17. The van der Waals surface area contributed by atoms with Gasteiger partial charge in [-0.05, 0) is 38.2 Å². The Labute approximate surface area is 119 Å². The lowest BCUT2D eigenvalue weighted by molar-refractivity contribution is 0.0461. The normalized spacial score (nSPS) is 10.7. The minimum atomic E-state index is -0.555. The Morgan fingerprint density at radius 2 is 1.95 bits per heavy atom. The number of carbonyl (C=O) groups is 1. The third kappa shape index (κ3) is 4.81. The molecule has 0 radical (unpaired) electrons. The third-order valence-corrected chi connectivity index (χ3v) is 3.00. The standard InChI is InChI=1S/C15H22FNO3/c1-4-17(5-2)9-10-20-15(18)13-11-12(16)7-8-14(13)19-6-3/h7-8,11H,4-6,9-10H2,1-3H3. The monoisotopic (exact) mass is 283 g/mol. The maximum Gasteiger partial charge on any atom is 0.342 e. The zero-order valence-electron chi connectivity index (χ0n) is 12.3. The Bertz CT molecular complexity index is 433. The first kappa shape index (κ1) is 16.4. The molecule has 0 unspecified atom stereocenters. The molecule has 0 aliphatic rings. The number of carbonyl (C=O) groups excluding carboxylic acids is 1. The molecule has 1 aromatic carbocycles. The summed E-state index contributed by atoms with van der Waals surface area (Å²) in [6, 6.07) is 3.85. The highest BCUT2D eigenvalue weighted by Crippen LogP contribution is 2.20. The molecule has 20 heavy (non-hydrogen) atoms. The number of hydrogen-bond acceptors (Lipinski definition) is 4. The van der Waals surface area contributed by atoms with Gasteiger partial charge in [-0.1, -0.05) is 13.8 Å². The smallest absolute Gasteiger partial charge is 0.342 e. The third-order valence-electron chi connectivity index (χ3n) is 3.00. The Morgan fingerprint density at radius 3 is 2.55 bits per heavy atom. The van der Waals surface area contributed by atoms with E-state index in [1.165, 1.54) is 12.1 Å². The van der Waals surface area contributed by atoms with Crippen LogP contribution in [0.3, 0.4) is 0 Å². The zero-order chi connectivity index (χ0) is 15.0. The average molecular weight is 283 g/mol. The van der Waals surface area contributed by atoms with Crippen LogP contribution in [0.5, 0.6) is 5.75 Å². The summed E-state index contributed by atoms with van der Waals surface area (Å²) in [5.74, 6) is -0.689. The van der Waals surface area contributed by atoms with Gasteiger partial charge in [0.15, 0.2) is 0 Å². The molecular formula is C15H22FNO3.